The van der Waals surface area contributed by atoms with Crippen LogP contribution in [0.5, 0.6) is 0 Å². The predicted octanol–water partition coefficient (Wildman–Crippen LogP) is 1.31. The van der Waals surface area contributed by atoms with Crippen LogP contribution in [0.2, 0.25) is 0 Å². The van der Waals surface area contributed by atoms with E-state index in [-0.39, 0.29) is 11.9 Å². The molecule has 4 rings (SSSR count). The molecule has 2 aliphatic heterocycles. The van der Waals surface area contributed by atoms with Gasteiger partial charge in [-0.2, -0.15) is 0 Å². The van der Waals surface area contributed by atoms with E-state index in [1.807, 2.05) is 29.8 Å². The van der Waals surface area contributed by atoms with Crippen LogP contribution in [-0.2, 0) is 24.8 Å². The second-order valence-corrected chi connectivity index (χ2v) is 5.39. The van der Waals surface area contributed by atoms with Gasteiger partial charge in [0, 0.05) is 13.5 Å². The number of aryl methyl sites for hydroxylation is 1. The number of urea groups is 1. The fourth-order valence-corrected chi connectivity index (χ4v) is 3.05. The summed E-state index contributed by atoms with van der Waals surface area (Å²) < 4.78 is 1.91. The molecule has 6 heteroatoms. The number of fused-ring (bicyclic) bond motifs is 2. The summed E-state index contributed by atoms with van der Waals surface area (Å²) in [5.74, 6) is -0.164. The number of imidazole rings is 1. The Morgan fingerprint density at radius 1 is 1.19 bits per heavy atom. The molecule has 21 heavy (non-hydrogen) atoms. The molecule has 1 atom stereocenters. The van der Waals surface area contributed by atoms with E-state index >= 15 is 0 Å². The van der Waals surface area contributed by atoms with Gasteiger partial charge < -0.3 is 9.47 Å². The topological polar surface area (TPSA) is 58.4 Å². The second kappa shape index (κ2) is 4.18. The third-order valence-electron chi connectivity index (χ3n) is 4.19. The van der Waals surface area contributed by atoms with Gasteiger partial charge in [-0.25, -0.2) is 14.7 Å². The van der Waals surface area contributed by atoms with E-state index in [0.717, 1.165) is 11.4 Å². The summed E-state index contributed by atoms with van der Waals surface area (Å²) in [5.41, 5.74) is 2.54. The molecular weight excluding hydrogens is 268 g/mol. The lowest BCUT2D eigenvalue weighted by atomic mass is 10.0. The van der Waals surface area contributed by atoms with Crippen molar-refractivity contribution in [3.8, 4) is 0 Å². The molecule has 0 saturated carbocycles. The monoisotopic (exact) mass is 282 g/mol. The van der Waals surface area contributed by atoms with Crippen LogP contribution in [0.25, 0.3) is 0 Å². The van der Waals surface area contributed by atoms with Crippen molar-refractivity contribution in [2.75, 3.05) is 4.90 Å². The molecule has 6 nitrogen and oxygen atoms in total. The zero-order valence-electron chi connectivity index (χ0n) is 11.6. The Kier molecular flexibility index (Phi) is 2.42. The molecule has 3 heterocycles. The normalized spacial score (nSPS) is 20.7. The molecule has 0 N–H and O–H groups in total. The number of rotatable bonds is 1. The van der Waals surface area contributed by atoms with Crippen molar-refractivity contribution in [1.82, 2.24) is 14.5 Å². The molecule has 1 saturated heterocycles. The molecular formula is C15H14N4O2. The van der Waals surface area contributed by atoms with E-state index in [4.69, 9.17) is 0 Å². The Balaban J connectivity index is 1.73. The molecule has 1 fully saturated rings. The Hall–Kier alpha value is -2.63. The summed E-state index contributed by atoms with van der Waals surface area (Å²) in [5, 5.41) is 0. The van der Waals surface area contributed by atoms with Gasteiger partial charge in [0.15, 0.2) is 0 Å². The van der Waals surface area contributed by atoms with Crippen LogP contribution in [-0.4, -0.2) is 32.4 Å². The van der Waals surface area contributed by atoms with Crippen molar-refractivity contribution >= 4 is 17.6 Å². The fraction of sp³-hybridized carbons (Fsp3) is 0.267. The number of hydrogen-bond acceptors (Lipinski definition) is 3. The zero-order valence-corrected chi connectivity index (χ0v) is 11.6. The highest BCUT2D eigenvalue weighted by molar-refractivity contribution is 6.21. The Morgan fingerprint density at radius 2 is 1.95 bits per heavy atom. The highest BCUT2D eigenvalue weighted by Gasteiger charge is 2.48. The van der Waals surface area contributed by atoms with Crippen molar-refractivity contribution in [2.45, 2.75) is 19.0 Å². The minimum atomic E-state index is -0.430. The first-order chi connectivity index (χ1) is 10.2. The molecule has 2 aromatic rings. The van der Waals surface area contributed by atoms with Crippen LogP contribution in [0.3, 0.4) is 0 Å². The lowest BCUT2D eigenvalue weighted by Gasteiger charge is -2.26. The second-order valence-electron chi connectivity index (χ2n) is 5.39. The highest BCUT2D eigenvalue weighted by atomic mass is 16.2. The van der Waals surface area contributed by atoms with Gasteiger partial charge in [0.1, 0.15) is 6.04 Å². The van der Waals surface area contributed by atoms with Crippen LogP contribution < -0.4 is 4.90 Å². The summed E-state index contributed by atoms with van der Waals surface area (Å²) in [6.45, 7) is 0.435. The molecule has 0 radical (unpaired) electrons. The lowest BCUT2D eigenvalue weighted by Crippen LogP contribution is -2.40. The van der Waals surface area contributed by atoms with Crippen LogP contribution in [0, 0.1) is 0 Å². The number of carbonyl (C=O) groups is 2. The van der Waals surface area contributed by atoms with Gasteiger partial charge in [-0.1, -0.05) is 18.2 Å². The number of aromatic nitrogens is 2. The third-order valence-corrected chi connectivity index (χ3v) is 4.19. The van der Waals surface area contributed by atoms with Gasteiger partial charge in [-0.05, 0) is 12.1 Å². The molecule has 2 aliphatic rings. The first kappa shape index (κ1) is 12.1. The molecule has 0 aliphatic carbocycles. The number of benzene rings is 1. The quantitative estimate of drug-likeness (QED) is 0.741. The highest BCUT2D eigenvalue weighted by Crippen LogP contribution is 2.32. The van der Waals surface area contributed by atoms with Crippen molar-refractivity contribution in [1.29, 1.82) is 0 Å². The van der Waals surface area contributed by atoms with Crippen molar-refractivity contribution in [2.24, 2.45) is 7.05 Å². The van der Waals surface area contributed by atoms with Gasteiger partial charge in [-0.15, -0.1) is 0 Å². The fourth-order valence-electron chi connectivity index (χ4n) is 3.05. The molecule has 1 aromatic heterocycles. The summed E-state index contributed by atoms with van der Waals surface area (Å²) in [4.78, 5) is 32.4. The number of imide groups is 1. The van der Waals surface area contributed by atoms with Gasteiger partial charge in [0.05, 0.1) is 29.9 Å². The van der Waals surface area contributed by atoms with Crippen LogP contribution >= 0.6 is 0 Å². The van der Waals surface area contributed by atoms with Crippen molar-refractivity contribution in [3.63, 3.8) is 0 Å². The predicted molar refractivity (Wildman–Crippen MR) is 75.6 cm³/mol. The summed E-state index contributed by atoms with van der Waals surface area (Å²) in [7, 11) is 1.91. The van der Waals surface area contributed by atoms with Gasteiger partial charge in [-0.3, -0.25) is 4.79 Å². The number of para-hydroxylation sites is 1. The number of carbonyl (C=O) groups excluding carboxylic acids is 2. The number of amides is 3. The maximum absolute atomic E-state index is 12.6. The van der Waals surface area contributed by atoms with E-state index in [0.29, 0.717) is 18.7 Å². The molecule has 0 spiro atoms. The molecule has 3 amide bonds. The number of nitrogens with zero attached hydrogens (tertiary/aromatic N) is 4. The standard InChI is InChI=1S/C15H14N4O2/c1-17-9-16-11-7-12-14(20)19(10-5-3-2-4-6-10)15(21)18(12)8-13(11)17/h2-6,9,12H,7-8H2,1H3. The SMILES string of the molecule is Cn1cnc2c1CN1C(=O)N(c3ccccc3)C(=O)C1C2. The van der Waals surface area contributed by atoms with Crippen LogP contribution in [0.15, 0.2) is 36.7 Å². The summed E-state index contributed by atoms with van der Waals surface area (Å²) in [6.07, 6.45) is 2.22. The van der Waals surface area contributed by atoms with Crippen molar-refractivity contribution in [3.05, 3.63) is 48.0 Å². The lowest BCUT2D eigenvalue weighted by molar-refractivity contribution is -0.120. The molecule has 1 unspecified atom stereocenters. The minimum absolute atomic E-state index is 0.164. The van der Waals surface area contributed by atoms with Crippen LogP contribution in [0.1, 0.15) is 11.4 Å². The Labute approximate surface area is 121 Å². The average Bonchev–Trinajstić information content (AvgIpc) is 2.98. The zero-order chi connectivity index (χ0) is 14.6. The van der Waals surface area contributed by atoms with E-state index in [1.165, 1.54) is 4.90 Å². The average molecular weight is 282 g/mol. The molecule has 1 aromatic carbocycles. The van der Waals surface area contributed by atoms with Crippen molar-refractivity contribution < 1.29 is 9.59 Å². The number of hydrogen-bond donors (Lipinski definition) is 0. The maximum atomic E-state index is 12.6. The minimum Gasteiger partial charge on any atom is -0.336 e. The Bertz CT molecular complexity index is 737. The largest absolute Gasteiger partial charge is 0.336 e. The van der Waals surface area contributed by atoms with E-state index in [9.17, 15) is 9.59 Å². The van der Waals surface area contributed by atoms with Gasteiger partial charge in [0.25, 0.3) is 5.91 Å². The summed E-state index contributed by atoms with van der Waals surface area (Å²) in [6, 6.07) is 8.39. The van der Waals surface area contributed by atoms with E-state index < -0.39 is 6.04 Å². The van der Waals surface area contributed by atoms with Gasteiger partial charge >= 0.3 is 6.03 Å². The first-order valence-electron chi connectivity index (χ1n) is 6.85. The van der Waals surface area contributed by atoms with E-state index in [2.05, 4.69) is 4.98 Å². The third kappa shape index (κ3) is 1.62. The molecule has 0 bridgehead atoms. The molecule has 106 valence electrons. The maximum Gasteiger partial charge on any atom is 0.332 e. The number of anilines is 1. The van der Waals surface area contributed by atoms with Crippen LogP contribution in [0.4, 0.5) is 10.5 Å². The van der Waals surface area contributed by atoms with Gasteiger partial charge in [0.2, 0.25) is 0 Å². The smallest absolute Gasteiger partial charge is 0.332 e. The first-order valence-corrected chi connectivity index (χ1v) is 6.85. The Morgan fingerprint density at radius 3 is 2.71 bits per heavy atom. The summed E-state index contributed by atoms with van der Waals surface area (Å²) >= 11 is 0. The van der Waals surface area contributed by atoms with E-state index in [1.54, 1.807) is 23.4 Å².